The summed E-state index contributed by atoms with van der Waals surface area (Å²) in [5.74, 6) is -0.688. The highest BCUT2D eigenvalue weighted by atomic mass is 32.2. The zero-order valence-corrected chi connectivity index (χ0v) is 19.5. The number of carbonyl (C=O) groups is 3. The second-order valence-corrected chi connectivity index (χ2v) is 10.7. The number of fused-ring (bicyclic) bond motifs is 1. The lowest BCUT2D eigenvalue weighted by Crippen LogP contribution is -2.71. The molecule has 2 aliphatic heterocycles. The maximum Gasteiger partial charge on any atom is 0.330 e. The van der Waals surface area contributed by atoms with Crippen molar-refractivity contribution in [2.45, 2.75) is 49.1 Å². The lowest BCUT2D eigenvalue weighted by molar-refractivity contribution is -0.165. The minimum absolute atomic E-state index is 0.0198. The number of esters is 1. The van der Waals surface area contributed by atoms with Crippen molar-refractivity contribution in [3.63, 3.8) is 0 Å². The first-order valence-electron chi connectivity index (χ1n) is 10.6. The molecule has 2 amide bonds. The van der Waals surface area contributed by atoms with Crippen LogP contribution in [0, 0.1) is 0 Å². The van der Waals surface area contributed by atoms with E-state index in [1.165, 1.54) is 4.90 Å². The van der Waals surface area contributed by atoms with Crippen LogP contribution in [-0.2, 0) is 42.9 Å². The van der Waals surface area contributed by atoms with Crippen LogP contribution in [0.4, 0.5) is 0 Å². The van der Waals surface area contributed by atoms with Gasteiger partial charge in [0.15, 0.2) is 0 Å². The van der Waals surface area contributed by atoms with E-state index in [9.17, 15) is 18.6 Å². The number of hydrogen-bond acceptors (Lipinski definition) is 6. The van der Waals surface area contributed by atoms with E-state index < -0.39 is 44.9 Å². The van der Waals surface area contributed by atoms with E-state index in [1.54, 1.807) is 45.2 Å². The van der Waals surface area contributed by atoms with Gasteiger partial charge in [-0.25, -0.2) is 4.79 Å². The van der Waals surface area contributed by atoms with Crippen LogP contribution in [0.1, 0.15) is 25.0 Å². The van der Waals surface area contributed by atoms with Crippen LogP contribution in [-0.4, -0.2) is 56.2 Å². The molecular formula is C24H26N2O6S. The molecule has 2 heterocycles. The van der Waals surface area contributed by atoms with Gasteiger partial charge in [-0.3, -0.25) is 13.8 Å². The van der Waals surface area contributed by atoms with Crippen molar-refractivity contribution < 1.29 is 28.1 Å². The molecule has 2 aromatic rings. The van der Waals surface area contributed by atoms with Crippen molar-refractivity contribution in [1.29, 1.82) is 0 Å². The van der Waals surface area contributed by atoms with Crippen LogP contribution in [0.15, 0.2) is 54.6 Å². The highest BCUT2D eigenvalue weighted by Gasteiger charge is 2.68. The van der Waals surface area contributed by atoms with E-state index in [0.29, 0.717) is 5.75 Å². The predicted octanol–water partition coefficient (Wildman–Crippen LogP) is 1.54. The lowest BCUT2D eigenvalue weighted by Gasteiger charge is -2.43. The third kappa shape index (κ3) is 4.25. The summed E-state index contributed by atoms with van der Waals surface area (Å²) in [6, 6.07) is 14.3. The molecule has 2 aromatic carbocycles. The Labute approximate surface area is 194 Å². The standard InChI is InChI=1S/C24H26N2O6S/c1-24(2)20(23(29)32-14-16-9-11-17(31-3)12-10-16)26-21(28)19(22(26)33(24)30)25-18(27)13-15-7-5-4-6-8-15/h4-12,19-20,22H,13-14H2,1-3H3,(H,25,27)/t19-,20+,22-,33-/m1/s1. The molecule has 4 rings (SSSR count). The molecule has 174 valence electrons. The summed E-state index contributed by atoms with van der Waals surface area (Å²) in [7, 11) is -0.000290. The van der Waals surface area contributed by atoms with Gasteiger partial charge in [-0.1, -0.05) is 42.5 Å². The van der Waals surface area contributed by atoms with Crippen molar-refractivity contribution in [3.8, 4) is 5.75 Å². The fourth-order valence-electron chi connectivity index (χ4n) is 4.23. The summed E-state index contributed by atoms with van der Waals surface area (Å²) < 4.78 is 22.8. The number of nitrogens with one attached hydrogen (secondary N) is 1. The Morgan fingerprint density at radius 1 is 1.06 bits per heavy atom. The number of ether oxygens (including phenoxy) is 2. The molecule has 1 N–H and O–H groups in total. The van der Waals surface area contributed by atoms with Gasteiger partial charge in [-0.05, 0) is 37.1 Å². The molecular weight excluding hydrogens is 444 g/mol. The highest BCUT2D eigenvalue weighted by Crippen LogP contribution is 2.44. The molecule has 2 saturated heterocycles. The molecule has 33 heavy (non-hydrogen) atoms. The summed E-state index contributed by atoms with van der Waals surface area (Å²) in [6.07, 6.45) is 0.112. The highest BCUT2D eigenvalue weighted by molar-refractivity contribution is 7.87. The SMILES string of the molecule is COc1ccc(COC(=O)[C@@H]2N3C(=O)[C@@H](NC(=O)Cc4ccccc4)[C@H]3[S@@](=O)C2(C)C)cc1. The summed E-state index contributed by atoms with van der Waals surface area (Å²) >= 11 is 0. The molecule has 0 radical (unpaired) electrons. The Morgan fingerprint density at radius 2 is 1.73 bits per heavy atom. The van der Waals surface area contributed by atoms with Gasteiger partial charge in [-0.15, -0.1) is 0 Å². The largest absolute Gasteiger partial charge is 0.497 e. The van der Waals surface area contributed by atoms with Crippen molar-refractivity contribution in [2.75, 3.05) is 7.11 Å². The first-order chi connectivity index (χ1) is 15.7. The molecule has 0 spiro atoms. The van der Waals surface area contributed by atoms with E-state index >= 15 is 0 Å². The number of hydrogen-bond donors (Lipinski definition) is 1. The fourth-order valence-corrected chi connectivity index (χ4v) is 6.15. The smallest absolute Gasteiger partial charge is 0.330 e. The number of benzene rings is 2. The second kappa shape index (κ2) is 8.97. The van der Waals surface area contributed by atoms with E-state index in [0.717, 1.165) is 11.1 Å². The van der Waals surface area contributed by atoms with Crippen molar-refractivity contribution in [1.82, 2.24) is 10.2 Å². The number of carbonyl (C=O) groups excluding carboxylic acids is 3. The fraction of sp³-hybridized carbons (Fsp3) is 0.375. The van der Waals surface area contributed by atoms with Gasteiger partial charge < -0.3 is 19.7 Å². The summed E-state index contributed by atoms with van der Waals surface area (Å²) in [6.45, 7) is 3.37. The van der Waals surface area contributed by atoms with Crippen molar-refractivity contribution in [2.24, 2.45) is 0 Å². The van der Waals surface area contributed by atoms with Crippen molar-refractivity contribution in [3.05, 3.63) is 65.7 Å². The average molecular weight is 471 g/mol. The maximum absolute atomic E-state index is 13.2. The van der Waals surface area contributed by atoms with Crippen LogP contribution < -0.4 is 10.1 Å². The van der Waals surface area contributed by atoms with Gasteiger partial charge in [0.1, 0.15) is 29.8 Å². The Balaban J connectivity index is 1.42. The average Bonchev–Trinajstić information content (AvgIpc) is 3.00. The van der Waals surface area contributed by atoms with Gasteiger partial charge in [0.2, 0.25) is 11.8 Å². The molecule has 9 heteroatoms. The number of β-lactam (4-membered cyclic amide) rings is 1. The number of nitrogens with zero attached hydrogens (tertiary/aromatic N) is 1. The molecule has 0 aliphatic carbocycles. The van der Waals surface area contributed by atoms with Crippen LogP contribution in [0.3, 0.4) is 0 Å². The molecule has 2 aliphatic rings. The Kier molecular flexibility index (Phi) is 6.25. The molecule has 0 saturated carbocycles. The first kappa shape index (κ1) is 23.0. The van der Waals surface area contributed by atoms with Gasteiger partial charge >= 0.3 is 5.97 Å². The van der Waals surface area contributed by atoms with E-state index in [-0.39, 0.29) is 18.9 Å². The minimum atomic E-state index is -1.56. The summed E-state index contributed by atoms with van der Waals surface area (Å²) in [5, 5.41) is 1.94. The Hall–Kier alpha value is -3.20. The van der Waals surface area contributed by atoms with Gasteiger partial charge in [-0.2, -0.15) is 0 Å². The summed E-state index contributed by atoms with van der Waals surface area (Å²) in [4.78, 5) is 39.6. The molecule has 2 fully saturated rings. The zero-order valence-electron chi connectivity index (χ0n) is 18.6. The Morgan fingerprint density at radius 3 is 2.36 bits per heavy atom. The van der Waals surface area contributed by atoms with Crippen LogP contribution in [0.2, 0.25) is 0 Å². The molecule has 0 aromatic heterocycles. The quantitative estimate of drug-likeness (QED) is 0.487. The van der Waals surface area contributed by atoms with E-state index in [2.05, 4.69) is 5.32 Å². The normalized spacial score (nSPS) is 25.1. The first-order valence-corrected chi connectivity index (χ1v) is 11.8. The zero-order chi connectivity index (χ0) is 23.8. The van der Waals surface area contributed by atoms with Gasteiger partial charge in [0.25, 0.3) is 0 Å². The van der Waals surface area contributed by atoms with Gasteiger partial charge in [0.05, 0.1) is 29.1 Å². The van der Waals surface area contributed by atoms with Gasteiger partial charge in [0, 0.05) is 0 Å². The van der Waals surface area contributed by atoms with E-state index in [1.807, 2.05) is 30.3 Å². The number of amides is 2. The van der Waals surface area contributed by atoms with Crippen LogP contribution in [0.25, 0.3) is 0 Å². The molecule has 0 unspecified atom stereocenters. The molecule has 0 bridgehead atoms. The topological polar surface area (TPSA) is 102 Å². The lowest BCUT2D eigenvalue weighted by atomic mass is 9.96. The molecule has 8 nitrogen and oxygen atoms in total. The van der Waals surface area contributed by atoms with E-state index in [4.69, 9.17) is 9.47 Å². The third-order valence-electron chi connectivity index (χ3n) is 6.04. The maximum atomic E-state index is 13.2. The predicted molar refractivity (Wildman–Crippen MR) is 122 cm³/mol. The number of rotatable bonds is 7. The van der Waals surface area contributed by atoms with Crippen molar-refractivity contribution >= 4 is 28.6 Å². The molecule has 4 atom stereocenters. The minimum Gasteiger partial charge on any atom is -0.497 e. The van der Waals surface area contributed by atoms with Crippen LogP contribution in [0.5, 0.6) is 5.75 Å². The van der Waals surface area contributed by atoms with Crippen LogP contribution >= 0.6 is 0 Å². The number of methoxy groups -OCH3 is 1. The monoisotopic (exact) mass is 470 g/mol. The third-order valence-corrected chi connectivity index (χ3v) is 8.24. The summed E-state index contributed by atoms with van der Waals surface area (Å²) in [5.41, 5.74) is 1.57. The Bertz CT molecular complexity index is 1090. The second-order valence-electron chi connectivity index (χ2n) is 8.60.